The molecule has 0 saturated carbocycles. The molecule has 0 saturated heterocycles. The molecule has 0 atom stereocenters. The minimum atomic E-state index is -0.449. The molecule has 0 aliphatic rings. The highest BCUT2D eigenvalue weighted by molar-refractivity contribution is 6.01. The smallest absolute Gasteiger partial charge is 0.169 e. The van der Waals surface area contributed by atoms with Gasteiger partial charge in [-0.05, 0) is 24.6 Å². The number of nitrogen functional groups attached to an aromatic ring is 1. The van der Waals surface area contributed by atoms with E-state index in [1.165, 1.54) is 18.2 Å². The number of halogens is 1. The first-order chi connectivity index (χ1) is 7.04. The lowest BCUT2D eigenvalue weighted by atomic mass is 10.0. The summed E-state index contributed by atoms with van der Waals surface area (Å²) < 4.78 is 12.9. The third-order valence-corrected chi connectivity index (χ3v) is 2.23. The second kappa shape index (κ2) is 4.73. The number of ketones is 1. The molecule has 0 aliphatic heterocycles. The summed E-state index contributed by atoms with van der Waals surface area (Å²) in [6, 6.07) is 3.80. The van der Waals surface area contributed by atoms with E-state index in [9.17, 15) is 9.18 Å². The second-order valence-corrected chi connectivity index (χ2v) is 3.44. The number of nitrogens with two attached hydrogens (primary N) is 1. The number of hydrogen-bond acceptors (Lipinski definition) is 2. The Hall–Kier alpha value is -1.64. The minimum absolute atomic E-state index is 0.182. The van der Waals surface area contributed by atoms with Gasteiger partial charge in [-0.25, -0.2) is 4.39 Å². The summed E-state index contributed by atoms with van der Waals surface area (Å²) in [7, 11) is 0. The van der Waals surface area contributed by atoms with Gasteiger partial charge in [0.05, 0.1) is 0 Å². The van der Waals surface area contributed by atoms with E-state index in [-0.39, 0.29) is 17.8 Å². The highest BCUT2D eigenvalue weighted by Gasteiger charge is 2.11. The van der Waals surface area contributed by atoms with Gasteiger partial charge >= 0.3 is 0 Å². The summed E-state index contributed by atoms with van der Waals surface area (Å²) in [6.45, 7) is 5.66. The Morgan fingerprint density at radius 1 is 1.53 bits per heavy atom. The molecule has 0 aromatic heterocycles. The molecule has 1 rings (SSSR count). The van der Waals surface area contributed by atoms with Gasteiger partial charge < -0.3 is 5.73 Å². The van der Waals surface area contributed by atoms with Gasteiger partial charge in [0, 0.05) is 17.7 Å². The molecule has 2 N–H and O–H groups in total. The standard InChI is InChI=1S/C12H14FNO/c1-3-8(2)6-12(15)10-7-9(13)4-5-11(10)14/h4-5,7H,2-3,6,14H2,1H3. The number of hydrogen-bond donors (Lipinski definition) is 1. The monoisotopic (exact) mass is 207 g/mol. The molecule has 3 heteroatoms. The van der Waals surface area contributed by atoms with E-state index in [4.69, 9.17) is 5.73 Å². The summed E-state index contributed by atoms with van der Waals surface area (Å²) in [5.41, 5.74) is 6.96. The highest BCUT2D eigenvalue weighted by Crippen LogP contribution is 2.17. The minimum Gasteiger partial charge on any atom is -0.398 e. The molecule has 1 aromatic rings. The fourth-order valence-corrected chi connectivity index (χ4v) is 1.22. The molecule has 0 radical (unpaired) electrons. The van der Waals surface area contributed by atoms with Gasteiger partial charge in [0.1, 0.15) is 5.82 Å². The second-order valence-electron chi connectivity index (χ2n) is 3.44. The zero-order valence-electron chi connectivity index (χ0n) is 8.72. The number of anilines is 1. The molecule has 0 fully saturated rings. The largest absolute Gasteiger partial charge is 0.398 e. The zero-order valence-corrected chi connectivity index (χ0v) is 8.72. The molecule has 0 amide bonds. The maximum Gasteiger partial charge on any atom is 0.169 e. The van der Waals surface area contributed by atoms with Crippen LogP contribution >= 0.6 is 0 Å². The van der Waals surface area contributed by atoms with Crippen LogP contribution in [0.2, 0.25) is 0 Å². The third-order valence-electron chi connectivity index (χ3n) is 2.23. The predicted molar refractivity (Wildman–Crippen MR) is 59.2 cm³/mol. The first kappa shape index (κ1) is 11.4. The molecule has 0 bridgehead atoms. The Balaban J connectivity index is 2.91. The Morgan fingerprint density at radius 2 is 2.20 bits per heavy atom. The number of Topliss-reactive ketones (excluding diaryl/α,β-unsaturated/α-hetero) is 1. The van der Waals surface area contributed by atoms with Crippen molar-refractivity contribution >= 4 is 11.5 Å². The molecule has 0 spiro atoms. The Morgan fingerprint density at radius 3 is 2.80 bits per heavy atom. The van der Waals surface area contributed by atoms with Gasteiger partial charge in [0.15, 0.2) is 5.78 Å². The van der Waals surface area contributed by atoms with E-state index in [1.54, 1.807) is 0 Å². The van der Waals surface area contributed by atoms with Crippen molar-refractivity contribution in [2.75, 3.05) is 5.73 Å². The lowest BCUT2D eigenvalue weighted by Gasteiger charge is -2.05. The normalized spacial score (nSPS) is 10.0. The summed E-state index contributed by atoms with van der Waals surface area (Å²) >= 11 is 0. The van der Waals surface area contributed by atoms with Crippen LogP contribution in [-0.2, 0) is 0 Å². The zero-order chi connectivity index (χ0) is 11.4. The van der Waals surface area contributed by atoms with E-state index < -0.39 is 5.82 Å². The Labute approximate surface area is 88.6 Å². The molecular formula is C12H14FNO. The number of allylic oxidation sites excluding steroid dienone is 1. The summed E-state index contributed by atoms with van der Waals surface area (Å²) in [5.74, 6) is -0.631. The summed E-state index contributed by atoms with van der Waals surface area (Å²) in [4.78, 5) is 11.7. The summed E-state index contributed by atoms with van der Waals surface area (Å²) in [5, 5.41) is 0. The average molecular weight is 207 g/mol. The first-order valence-corrected chi connectivity index (χ1v) is 4.79. The average Bonchev–Trinajstić information content (AvgIpc) is 2.21. The van der Waals surface area contributed by atoms with Crippen LogP contribution in [0.1, 0.15) is 30.1 Å². The quantitative estimate of drug-likeness (QED) is 0.468. The molecule has 0 aliphatic carbocycles. The SMILES string of the molecule is C=C(CC)CC(=O)c1cc(F)ccc1N. The molecule has 0 unspecified atom stereocenters. The van der Waals surface area contributed by atoms with Gasteiger partial charge in [-0.3, -0.25) is 4.79 Å². The van der Waals surface area contributed by atoms with Gasteiger partial charge in [-0.2, -0.15) is 0 Å². The van der Waals surface area contributed by atoms with Gasteiger partial charge in [-0.15, -0.1) is 0 Å². The van der Waals surface area contributed by atoms with E-state index in [1.807, 2.05) is 6.92 Å². The van der Waals surface area contributed by atoms with Crippen LogP contribution in [0.25, 0.3) is 0 Å². The fraction of sp³-hybridized carbons (Fsp3) is 0.250. The van der Waals surface area contributed by atoms with Crippen LogP contribution in [0.4, 0.5) is 10.1 Å². The van der Waals surface area contributed by atoms with Gasteiger partial charge in [0.25, 0.3) is 0 Å². The third kappa shape index (κ3) is 2.91. The molecule has 0 heterocycles. The van der Waals surface area contributed by atoms with Gasteiger partial charge in [0.2, 0.25) is 0 Å². The van der Waals surface area contributed by atoms with Crippen LogP contribution in [0.5, 0.6) is 0 Å². The summed E-state index contributed by atoms with van der Waals surface area (Å²) in [6.07, 6.45) is 0.963. The molecule has 80 valence electrons. The van der Waals surface area contributed by atoms with Crippen molar-refractivity contribution in [3.8, 4) is 0 Å². The van der Waals surface area contributed by atoms with E-state index >= 15 is 0 Å². The Kier molecular flexibility index (Phi) is 3.61. The molecule has 15 heavy (non-hydrogen) atoms. The number of carbonyl (C=O) groups is 1. The Bertz CT molecular complexity index is 399. The number of carbonyl (C=O) groups excluding carboxylic acids is 1. The maximum absolute atomic E-state index is 12.9. The molecule has 2 nitrogen and oxygen atoms in total. The fourth-order valence-electron chi connectivity index (χ4n) is 1.22. The van der Waals surface area contributed by atoms with Crippen LogP contribution in [0.3, 0.4) is 0 Å². The van der Waals surface area contributed by atoms with Crippen molar-refractivity contribution in [2.45, 2.75) is 19.8 Å². The van der Waals surface area contributed by atoms with Crippen LogP contribution in [0, 0.1) is 5.82 Å². The number of rotatable bonds is 4. The van der Waals surface area contributed by atoms with Crippen molar-refractivity contribution < 1.29 is 9.18 Å². The van der Waals surface area contributed by atoms with Crippen LogP contribution in [-0.4, -0.2) is 5.78 Å². The van der Waals surface area contributed by atoms with E-state index in [0.29, 0.717) is 5.69 Å². The van der Waals surface area contributed by atoms with Crippen molar-refractivity contribution in [1.29, 1.82) is 0 Å². The molecule has 1 aromatic carbocycles. The first-order valence-electron chi connectivity index (χ1n) is 4.79. The maximum atomic E-state index is 12.9. The van der Waals surface area contributed by atoms with Crippen molar-refractivity contribution in [2.24, 2.45) is 0 Å². The van der Waals surface area contributed by atoms with E-state index in [0.717, 1.165) is 12.0 Å². The van der Waals surface area contributed by atoms with Gasteiger partial charge in [-0.1, -0.05) is 19.1 Å². The lowest BCUT2D eigenvalue weighted by molar-refractivity contribution is 0.0993. The van der Waals surface area contributed by atoms with Crippen LogP contribution in [0.15, 0.2) is 30.4 Å². The molecular weight excluding hydrogens is 193 g/mol. The highest BCUT2D eigenvalue weighted by atomic mass is 19.1. The predicted octanol–water partition coefficient (Wildman–Crippen LogP) is 2.95. The van der Waals surface area contributed by atoms with Crippen molar-refractivity contribution in [3.05, 3.63) is 41.7 Å². The van der Waals surface area contributed by atoms with Crippen molar-refractivity contribution in [3.63, 3.8) is 0 Å². The van der Waals surface area contributed by atoms with E-state index in [2.05, 4.69) is 6.58 Å². The van der Waals surface area contributed by atoms with Crippen LogP contribution < -0.4 is 5.73 Å². The van der Waals surface area contributed by atoms with Crippen molar-refractivity contribution in [1.82, 2.24) is 0 Å². The number of benzene rings is 1. The topological polar surface area (TPSA) is 43.1 Å². The lowest BCUT2D eigenvalue weighted by Crippen LogP contribution is -2.05.